The highest BCUT2D eigenvalue weighted by molar-refractivity contribution is 5.92. The fourth-order valence-electron chi connectivity index (χ4n) is 5.01. The molecule has 1 unspecified atom stereocenters. The third-order valence-corrected chi connectivity index (χ3v) is 6.88. The molecule has 0 radical (unpaired) electrons. The van der Waals surface area contributed by atoms with Crippen molar-refractivity contribution in [3.63, 3.8) is 0 Å². The second-order valence-corrected chi connectivity index (χ2v) is 9.25. The summed E-state index contributed by atoms with van der Waals surface area (Å²) in [5.74, 6) is -1.33. The number of benzene rings is 4. The lowest BCUT2D eigenvalue weighted by atomic mass is 9.99. The minimum Gasteiger partial charge on any atom is -0.486 e. The Kier molecular flexibility index (Phi) is 8.00. The summed E-state index contributed by atoms with van der Waals surface area (Å²) in [4.78, 5) is 13.5. The van der Waals surface area contributed by atoms with Crippen LogP contribution in [-0.2, 0) is 0 Å². The molecule has 192 valence electrons. The molecule has 4 aromatic rings. The first kappa shape index (κ1) is 26.5. The van der Waals surface area contributed by atoms with Gasteiger partial charge in [0.25, 0.3) is 0 Å². The number of fused-ring (bicyclic) bond motifs is 2. The molecule has 7 heteroatoms. The lowest BCUT2D eigenvalue weighted by Crippen LogP contribution is -2.39. The van der Waals surface area contributed by atoms with E-state index in [4.69, 9.17) is 4.74 Å². The largest absolute Gasteiger partial charge is 0.486 e. The van der Waals surface area contributed by atoms with Crippen LogP contribution in [0.1, 0.15) is 40.9 Å². The molecule has 0 aliphatic carbocycles. The molecule has 37 heavy (non-hydrogen) atoms. The fraction of sp³-hybridized carbons (Fsp3) is 0.233. The van der Waals surface area contributed by atoms with Crippen LogP contribution in [0.2, 0.25) is 0 Å². The van der Waals surface area contributed by atoms with Crippen LogP contribution in [0.5, 0.6) is 5.75 Å². The number of rotatable bonds is 7. The van der Waals surface area contributed by atoms with Gasteiger partial charge in [-0.05, 0) is 66.9 Å². The van der Waals surface area contributed by atoms with Crippen molar-refractivity contribution < 1.29 is 19.0 Å². The summed E-state index contributed by atoms with van der Waals surface area (Å²) < 4.78 is 21.6. The third kappa shape index (κ3) is 5.26. The van der Waals surface area contributed by atoms with E-state index in [9.17, 15) is 9.90 Å². The number of hydrogen-bond acceptors (Lipinski definition) is 4. The lowest BCUT2D eigenvalue weighted by molar-refractivity contribution is 0.0691. The zero-order valence-electron chi connectivity index (χ0n) is 20.8. The summed E-state index contributed by atoms with van der Waals surface area (Å²) in [6.45, 7) is 4.89. The van der Waals surface area contributed by atoms with Crippen LogP contribution in [0, 0.1) is 12.7 Å². The molecule has 5 nitrogen and oxygen atoms in total. The Labute approximate surface area is 222 Å². The molecule has 0 saturated heterocycles. The van der Waals surface area contributed by atoms with E-state index in [0.29, 0.717) is 30.8 Å². The molecule has 0 fully saturated rings. The predicted octanol–water partition coefficient (Wildman–Crippen LogP) is 7.05. The maximum atomic E-state index is 15.4. The Hall–Kier alpha value is -3.61. The van der Waals surface area contributed by atoms with Gasteiger partial charge in [0.05, 0.1) is 17.9 Å². The van der Waals surface area contributed by atoms with Crippen LogP contribution >= 0.6 is 12.4 Å². The number of hydrogen-bond donors (Lipinski definition) is 2. The summed E-state index contributed by atoms with van der Waals surface area (Å²) in [6.07, 6.45) is 0.514. The van der Waals surface area contributed by atoms with Gasteiger partial charge >= 0.3 is 5.97 Å². The first-order valence-corrected chi connectivity index (χ1v) is 12.2. The molecule has 5 rings (SSSR count). The summed E-state index contributed by atoms with van der Waals surface area (Å²) >= 11 is 0. The van der Waals surface area contributed by atoms with Crippen molar-refractivity contribution in [2.24, 2.45) is 0 Å². The zero-order valence-corrected chi connectivity index (χ0v) is 21.6. The number of halogens is 2. The molecular formula is C30H30ClFN2O3. The molecule has 1 heterocycles. The van der Waals surface area contributed by atoms with Gasteiger partial charge in [0.2, 0.25) is 0 Å². The summed E-state index contributed by atoms with van der Waals surface area (Å²) in [7, 11) is 0. The van der Waals surface area contributed by atoms with Crippen molar-refractivity contribution >= 4 is 40.5 Å². The molecule has 2 atom stereocenters. The molecule has 0 bridgehead atoms. The van der Waals surface area contributed by atoms with E-state index in [1.54, 1.807) is 19.1 Å². The number of carboxylic acid groups (broad SMARTS) is 1. The van der Waals surface area contributed by atoms with Crippen molar-refractivity contribution in [3.8, 4) is 5.75 Å². The van der Waals surface area contributed by atoms with E-state index < -0.39 is 11.8 Å². The summed E-state index contributed by atoms with van der Waals surface area (Å²) in [6, 6.07) is 25.6. The van der Waals surface area contributed by atoms with Gasteiger partial charge in [-0.3, -0.25) is 0 Å². The Bertz CT molecular complexity index is 1420. The average molecular weight is 521 g/mol. The Morgan fingerprint density at radius 3 is 2.59 bits per heavy atom. The maximum Gasteiger partial charge on any atom is 0.339 e. The molecular weight excluding hydrogens is 491 g/mol. The van der Waals surface area contributed by atoms with Crippen molar-refractivity contribution in [2.45, 2.75) is 32.4 Å². The van der Waals surface area contributed by atoms with Crippen LogP contribution in [0.15, 0.2) is 78.9 Å². The Balaban J connectivity index is 0.00000320. The van der Waals surface area contributed by atoms with Gasteiger partial charge < -0.3 is 20.1 Å². The smallest absolute Gasteiger partial charge is 0.339 e. The van der Waals surface area contributed by atoms with E-state index in [0.717, 1.165) is 5.69 Å². The third-order valence-electron chi connectivity index (χ3n) is 6.88. The Morgan fingerprint density at radius 1 is 1.05 bits per heavy atom. The monoisotopic (exact) mass is 520 g/mol. The van der Waals surface area contributed by atoms with E-state index in [-0.39, 0.29) is 35.8 Å². The Morgan fingerprint density at radius 2 is 1.78 bits per heavy atom. The standard InChI is InChI=1S/C30H29FN2O3.ClH/c1-19-14-15-26(29(31)28(19)30(34)35)33-18-22(36-27-13-6-5-12-25(27)33)16-17-32-20(2)23-11-7-9-21-8-3-4-10-24(21)23;/h3-15,20,22,32H,16-18H2,1-2H3,(H,34,35);1H/t20-,22?;/m1./s1. The molecule has 1 aliphatic heterocycles. The minimum atomic E-state index is -1.27. The van der Waals surface area contributed by atoms with E-state index in [2.05, 4.69) is 48.6 Å². The van der Waals surface area contributed by atoms with Crippen molar-refractivity contribution in [3.05, 3.63) is 101 Å². The maximum absolute atomic E-state index is 15.4. The number of carboxylic acids is 1. The van der Waals surface area contributed by atoms with Crippen LogP contribution in [0.3, 0.4) is 0 Å². The normalized spacial score (nSPS) is 15.4. The number of nitrogens with zero attached hydrogens (tertiary/aromatic N) is 1. The lowest BCUT2D eigenvalue weighted by Gasteiger charge is -2.37. The van der Waals surface area contributed by atoms with Gasteiger partial charge in [-0.2, -0.15) is 0 Å². The highest BCUT2D eigenvalue weighted by Crippen LogP contribution is 2.40. The molecule has 0 saturated carbocycles. The minimum absolute atomic E-state index is 0. The average Bonchev–Trinajstić information content (AvgIpc) is 2.88. The van der Waals surface area contributed by atoms with E-state index >= 15 is 4.39 Å². The van der Waals surface area contributed by atoms with E-state index in [1.165, 1.54) is 16.3 Å². The highest BCUT2D eigenvalue weighted by atomic mass is 35.5. The van der Waals surface area contributed by atoms with Crippen molar-refractivity contribution in [1.82, 2.24) is 5.32 Å². The van der Waals surface area contributed by atoms with Crippen LogP contribution in [0.4, 0.5) is 15.8 Å². The second kappa shape index (κ2) is 11.2. The van der Waals surface area contributed by atoms with Crippen LogP contribution < -0.4 is 15.0 Å². The number of anilines is 2. The van der Waals surface area contributed by atoms with Crippen LogP contribution in [0.25, 0.3) is 10.8 Å². The number of aryl methyl sites for hydroxylation is 1. The molecule has 1 aliphatic rings. The fourth-order valence-corrected chi connectivity index (χ4v) is 5.01. The number of aromatic carboxylic acids is 1. The molecule has 0 aromatic heterocycles. The number of nitrogens with one attached hydrogen (secondary N) is 1. The molecule has 0 spiro atoms. The molecule has 2 N–H and O–H groups in total. The molecule has 4 aromatic carbocycles. The predicted molar refractivity (Wildman–Crippen MR) is 148 cm³/mol. The summed E-state index contributed by atoms with van der Waals surface area (Å²) in [5.41, 5.74) is 2.32. The van der Waals surface area contributed by atoms with Gasteiger partial charge in [0, 0.05) is 6.04 Å². The zero-order chi connectivity index (χ0) is 25.2. The van der Waals surface area contributed by atoms with Crippen molar-refractivity contribution in [2.75, 3.05) is 18.0 Å². The summed E-state index contributed by atoms with van der Waals surface area (Å²) in [5, 5.41) is 15.6. The first-order chi connectivity index (χ1) is 17.4. The highest BCUT2D eigenvalue weighted by Gasteiger charge is 2.30. The first-order valence-electron chi connectivity index (χ1n) is 12.2. The second-order valence-electron chi connectivity index (χ2n) is 9.25. The van der Waals surface area contributed by atoms with E-state index in [1.807, 2.05) is 35.2 Å². The van der Waals surface area contributed by atoms with Gasteiger partial charge in [-0.15, -0.1) is 12.4 Å². The van der Waals surface area contributed by atoms with Crippen LogP contribution in [-0.4, -0.2) is 30.3 Å². The van der Waals surface area contributed by atoms with Gasteiger partial charge in [-0.1, -0.05) is 60.7 Å². The number of carbonyl (C=O) groups is 1. The molecule has 0 amide bonds. The quantitative estimate of drug-likeness (QED) is 0.273. The number of para-hydroxylation sites is 2. The van der Waals surface area contributed by atoms with Gasteiger partial charge in [0.15, 0.2) is 5.82 Å². The van der Waals surface area contributed by atoms with Crippen molar-refractivity contribution in [1.29, 1.82) is 0 Å². The van der Waals surface area contributed by atoms with Gasteiger partial charge in [0.1, 0.15) is 17.4 Å². The van der Waals surface area contributed by atoms with Gasteiger partial charge in [-0.25, -0.2) is 9.18 Å². The topological polar surface area (TPSA) is 61.8 Å². The SMILES string of the molecule is Cc1ccc(N2CC(CCN[C@H](C)c3cccc4ccccc34)Oc3ccccc32)c(F)c1C(=O)O.Cl. The number of ether oxygens (including phenoxy) is 1.